The fourth-order valence-corrected chi connectivity index (χ4v) is 0.991. The molecule has 1 unspecified atom stereocenters. The van der Waals surface area contributed by atoms with Gasteiger partial charge in [0.1, 0.15) is 6.29 Å². The average molecular weight is 143 g/mol. The molecule has 0 saturated heterocycles. The zero-order valence-electron chi connectivity index (χ0n) is 5.33. The molecular formula is C6H9NOS. The second-order valence-corrected chi connectivity index (χ2v) is 2.81. The Balaban J connectivity index is 3.08. The van der Waals surface area contributed by atoms with Crippen molar-refractivity contribution in [1.29, 1.82) is 5.26 Å². The largest absolute Gasteiger partial charge is 0.302 e. The van der Waals surface area contributed by atoms with Gasteiger partial charge in [-0.15, -0.1) is 0 Å². The molecule has 1 atom stereocenters. The normalized spacial score (nSPS) is 12.0. The van der Waals surface area contributed by atoms with Crippen molar-refractivity contribution in [3.05, 3.63) is 0 Å². The summed E-state index contributed by atoms with van der Waals surface area (Å²) in [5.74, 6) is 1.33. The van der Waals surface area contributed by atoms with Gasteiger partial charge >= 0.3 is 0 Å². The van der Waals surface area contributed by atoms with Gasteiger partial charge in [0.2, 0.25) is 0 Å². The van der Waals surface area contributed by atoms with Crippen LogP contribution in [-0.4, -0.2) is 17.8 Å². The second-order valence-electron chi connectivity index (χ2n) is 1.73. The minimum atomic E-state index is 0.0648. The van der Waals surface area contributed by atoms with Crippen molar-refractivity contribution in [2.45, 2.75) is 6.92 Å². The number of hydrogen-bond acceptors (Lipinski definition) is 3. The van der Waals surface area contributed by atoms with E-state index in [0.717, 1.165) is 12.0 Å². The minimum absolute atomic E-state index is 0.0648. The molecule has 0 bridgehead atoms. The molecule has 0 radical (unpaired) electrons. The number of rotatable bonds is 4. The van der Waals surface area contributed by atoms with Crippen LogP contribution in [0.3, 0.4) is 0 Å². The Bertz CT molecular complexity index is 119. The SMILES string of the molecule is CC(C#N)CSCC=O. The smallest absolute Gasteiger partial charge is 0.129 e. The van der Waals surface area contributed by atoms with Crippen LogP contribution in [0.4, 0.5) is 0 Å². The summed E-state index contributed by atoms with van der Waals surface area (Å²) in [6, 6.07) is 2.09. The average Bonchev–Trinajstić information content (AvgIpc) is 1.89. The summed E-state index contributed by atoms with van der Waals surface area (Å²) in [7, 11) is 0. The van der Waals surface area contributed by atoms with Crippen LogP contribution in [0.5, 0.6) is 0 Å². The molecule has 0 heterocycles. The van der Waals surface area contributed by atoms with Crippen LogP contribution in [-0.2, 0) is 4.79 Å². The maximum atomic E-state index is 9.77. The van der Waals surface area contributed by atoms with Crippen molar-refractivity contribution < 1.29 is 4.79 Å². The summed E-state index contributed by atoms with van der Waals surface area (Å²) in [5.41, 5.74) is 0. The summed E-state index contributed by atoms with van der Waals surface area (Å²) in [6.07, 6.45) is 0.856. The van der Waals surface area contributed by atoms with E-state index in [4.69, 9.17) is 5.26 Å². The topological polar surface area (TPSA) is 40.9 Å². The number of hydrogen-bond donors (Lipinski definition) is 0. The predicted molar refractivity (Wildman–Crippen MR) is 38.2 cm³/mol. The lowest BCUT2D eigenvalue weighted by atomic mass is 10.3. The van der Waals surface area contributed by atoms with Gasteiger partial charge in [-0.3, -0.25) is 0 Å². The molecule has 0 aliphatic carbocycles. The molecule has 0 spiro atoms. The molecule has 0 aliphatic rings. The Morgan fingerprint density at radius 3 is 3.00 bits per heavy atom. The first-order valence-electron chi connectivity index (χ1n) is 2.72. The zero-order chi connectivity index (χ0) is 7.11. The summed E-state index contributed by atoms with van der Waals surface area (Å²) in [5, 5.41) is 8.28. The van der Waals surface area contributed by atoms with Crippen LogP contribution in [0.25, 0.3) is 0 Å². The van der Waals surface area contributed by atoms with Crippen LogP contribution < -0.4 is 0 Å². The lowest BCUT2D eigenvalue weighted by molar-refractivity contribution is -0.105. The Kier molecular flexibility index (Phi) is 5.34. The van der Waals surface area contributed by atoms with Gasteiger partial charge in [-0.1, -0.05) is 0 Å². The molecule has 0 rings (SSSR count). The Labute approximate surface area is 59.2 Å². The van der Waals surface area contributed by atoms with Crippen LogP contribution in [0.1, 0.15) is 6.92 Å². The van der Waals surface area contributed by atoms with Crippen molar-refractivity contribution in [2.24, 2.45) is 5.92 Å². The minimum Gasteiger partial charge on any atom is -0.302 e. The molecule has 0 aliphatic heterocycles. The van der Waals surface area contributed by atoms with Crippen molar-refractivity contribution >= 4 is 18.0 Å². The number of carbonyl (C=O) groups is 1. The number of thioether (sulfide) groups is 1. The maximum Gasteiger partial charge on any atom is 0.129 e. The first-order chi connectivity index (χ1) is 4.31. The molecule has 2 nitrogen and oxygen atoms in total. The third-order valence-electron chi connectivity index (χ3n) is 0.774. The van der Waals surface area contributed by atoms with Gasteiger partial charge in [0.25, 0.3) is 0 Å². The van der Waals surface area contributed by atoms with Crippen molar-refractivity contribution in [3.63, 3.8) is 0 Å². The van der Waals surface area contributed by atoms with E-state index in [0.29, 0.717) is 5.75 Å². The van der Waals surface area contributed by atoms with E-state index < -0.39 is 0 Å². The van der Waals surface area contributed by atoms with Gasteiger partial charge in [0.05, 0.1) is 12.0 Å². The van der Waals surface area contributed by atoms with Gasteiger partial charge in [0, 0.05) is 11.5 Å². The summed E-state index contributed by atoms with van der Waals surface area (Å²) >= 11 is 1.50. The standard InChI is InChI=1S/C6H9NOS/c1-6(4-7)5-9-3-2-8/h2,6H,3,5H2,1H3. The van der Waals surface area contributed by atoms with Crippen molar-refractivity contribution in [3.8, 4) is 6.07 Å². The quantitative estimate of drug-likeness (QED) is 0.436. The van der Waals surface area contributed by atoms with Crippen LogP contribution in [0, 0.1) is 17.2 Å². The highest BCUT2D eigenvalue weighted by atomic mass is 32.2. The molecule has 50 valence electrons. The monoisotopic (exact) mass is 143 g/mol. The van der Waals surface area contributed by atoms with E-state index in [-0.39, 0.29) is 5.92 Å². The van der Waals surface area contributed by atoms with E-state index >= 15 is 0 Å². The lowest BCUT2D eigenvalue weighted by Gasteiger charge is -1.96. The first-order valence-corrected chi connectivity index (χ1v) is 3.87. The summed E-state index contributed by atoms with van der Waals surface area (Å²) in [4.78, 5) is 9.77. The predicted octanol–water partition coefficient (Wildman–Crippen LogP) is 1.08. The molecule has 0 N–H and O–H groups in total. The van der Waals surface area contributed by atoms with Crippen molar-refractivity contribution in [2.75, 3.05) is 11.5 Å². The molecule has 0 saturated carbocycles. The third kappa shape index (κ3) is 5.38. The molecule has 3 heteroatoms. The summed E-state index contributed by atoms with van der Waals surface area (Å²) < 4.78 is 0. The van der Waals surface area contributed by atoms with Gasteiger partial charge in [0.15, 0.2) is 0 Å². The summed E-state index contributed by atoms with van der Waals surface area (Å²) in [6.45, 7) is 1.85. The molecule has 9 heavy (non-hydrogen) atoms. The van der Waals surface area contributed by atoms with E-state index in [1.165, 1.54) is 11.8 Å². The zero-order valence-corrected chi connectivity index (χ0v) is 6.15. The molecule has 0 aromatic heterocycles. The molecule has 0 aromatic carbocycles. The van der Waals surface area contributed by atoms with Crippen LogP contribution >= 0.6 is 11.8 Å². The van der Waals surface area contributed by atoms with Gasteiger partial charge < -0.3 is 4.79 Å². The van der Waals surface area contributed by atoms with Gasteiger partial charge in [-0.05, 0) is 6.92 Å². The second kappa shape index (κ2) is 5.64. The highest BCUT2D eigenvalue weighted by Crippen LogP contribution is 2.04. The Hall–Kier alpha value is -0.490. The van der Waals surface area contributed by atoms with Crippen molar-refractivity contribution in [1.82, 2.24) is 0 Å². The Morgan fingerprint density at radius 1 is 1.89 bits per heavy atom. The van der Waals surface area contributed by atoms with E-state index in [1.54, 1.807) is 0 Å². The highest BCUT2D eigenvalue weighted by Gasteiger charge is 1.96. The first kappa shape index (κ1) is 8.51. The molecule has 0 amide bonds. The number of nitriles is 1. The number of nitrogens with zero attached hydrogens (tertiary/aromatic N) is 1. The van der Waals surface area contributed by atoms with E-state index in [9.17, 15) is 4.79 Å². The number of aldehydes is 1. The van der Waals surface area contributed by atoms with Gasteiger partial charge in [-0.2, -0.15) is 17.0 Å². The lowest BCUT2D eigenvalue weighted by Crippen LogP contribution is -1.94. The van der Waals surface area contributed by atoms with Crippen LogP contribution in [0.2, 0.25) is 0 Å². The van der Waals surface area contributed by atoms with Crippen LogP contribution in [0.15, 0.2) is 0 Å². The molecular weight excluding hydrogens is 134 g/mol. The Morgan fingerprint density at radius 2 is 2.56 bits per heavy atom. The van der Waals surface area contributed by atoms with E-state index in [1.807, 2.05) is 6.92 Å². The fraction of sp³-hybridized carbons (Fsp3) is 0.667. The molecule has 0 fully saturated rings. The maximum absolute atomic E-state index is 9.77. The fourth-order valence-electron chi connectivity index (χ4n) is 0.330. The van der Waals surface area contributed by atoms with Gasteiger partial charge in [-0.25, -0.2) is 0 Å². The van der Waals surface area contributed by atoms with E-state index in [2.05, 4.69) is 6.07 Å². The highest BCUT2D eigenvalue weighted by molar-refractivity contribution is 7.99. The molecule has 0 aromatic rings. The third-order valence-corrected chi connectivity index (χ3v) is 1.88. The number of carbonyl (C=O) groups excluding carboxylic acids is 1.